The van der Waals surface area contributed by atoms with Crippen LogP contribution in [0.1, 0.15) is 4.88 Å². The summed E-state index contributed by atoms with van der Waals surface area (Å²) in [6.45, 7) is 0.101. The lowest BCUT2D eigenvalue weighted by molar-refractivity contribution is -0.150. The fourth-order valence-corrected chi connectivity index (χ4v) is 4.83. The van der Waals surface area contributed by atoms with Crippen LogP contribution >= 0.6 is 35.3 Å². The second-order valence-corrected chi connectivity index (χ2v) is 7.70. The van der Waals surface area contributed by atoms with Gasteiger partial charge in [-0.05, 0) is 29.2 Å². The summed E-state index contributed by atoms with van der Waals surface area (Å²) in [5.41, 5.74) is 0.453. The quantitative estimate of drug-likeness (QED) is 0.426. The van der Waals surface area contributed by atoms with Gasteiger partial charge in [-0.3, -0.25) is 14.5 Å². The molecule has 0 aromatic carbocycles. The molecule has 2 amide bonds. The molecule has 0 aliphatic carbocycles. The first-order valence-electron chi connectivity index (χ1n) is 7.28. The Morgan fingerprint density at radius 3 is 2.96 bits per heavy atom. The molecule has 0 saturated carbocycles. The third-order valence-corrected chi connectivity index (χ3v) is 6.16. The van der Waals surface area contributed by atoms with E-state index >= 15 is 0 Å². The number of isothiocyanates is 1. The number of thiophene rings is 1. The van der Waals surface area contributed by atoms with Crippen LogP contribution in [0.4, 0.5) is 0 Å². The highest BCUT2D eigenvalue weighted by Gasteiger charge is 2.54. The van der Waals surface area contributed by atoms with Crippen LogP contribution in [0, 0.1) is 0 Å². The third kappa shape index (κ3) is 3.52. The van der Waals surface area contributed by atoms with E-state index in [0.29, 0.717) is 11.3 Å². The van der Waals surface area contributed by atoms with Crippen LogP contribution in [0.2, 0.25) is 0 Å². The number of aliphatic carboxylic acids is 1. The summed E-state index contributed by atoms with van der Waals surface area (Å²) in [4.78, 5) is 42.0. The molecule has 3 heterocycles. The maximum Gasteiger partial charge on any atom is 0.352 e. The molecule has 130 valence electrons. The number of thioether (sulfide) groups is 1. The Kier molecular flexibility index (Phi) is 5.33. The molecular formula is C15H13N3O4S3. The molecule has 0 radical (unpaired) electrons. The van der Waals surface area contributed by atoms with Crippen LogP contribution in [0.5, 0.6) is 0 Å². The van der Waals surface area contributed by atoms with Gasteiger partial charge in [-0.15, -0.1) is 23.1 Å². The predicted octanol–water partition coefficient (Wildman–Crippen LogP) is 1.13. The van der Waals surface area contributed by atoms with Crippen LogP contribution in [-0.4, -0.2) is 56.7 Å². The number of amides is 2. The summed E-state index contributed by atoms with van der Waals surface area (Å²) in [6, 6.07) is 3.00. The Morgan fingerprint density at radius 2 is 2.32 bits per heavy atom. The zero-order valence-electron chi connectivity index (χ0n) is 12.8. The Labute approximate surface area is 156 Å². The Hall–Kier alpha value is -2.00. The standard InChI is InChI=1S/C15H13N3O4S3/c19-10(4-9-2-1-3-24-9)17-11-13(20)18-12(15(21)22)8(5-16-7-23)6-25-14(11)18/h1-3,11,14H,4-6H2,(H,17,19)(H,21,22). The molecule has 3 rings (SSSR count). The van der Waals surface area contributed by atoms with Crippen LogP contribution in [-0.2, 0) is 20.8 Å². The fourth-order valence-electron chi connectivity index (χ4n) is 2.73. The van der Waals surface area contributed by atoms with Gasteiger partial charge in [0.2, 0.25) is 5.91 Å². The molecule has 7 nitrogen and oxygen atoms in total. The number of fused-ring (bicyclic) bond motifs is 1. The lowest BCUT2D eigenvalue weighted by Crippen LogP contribution is -2.70. The summed E-state index contributed by atoms with van der Waals surface area (Å²) < 4.78 is 0. The smallest absolute Gasteiger partial charge is 0.352 e. The van der Waals surface area contributed by atoms with Crippen molar-refractivity contribution in [1.29, 1.82) is 0 Å². The van der Waals surface area contributed by atoms with Gasteiger partial charge in [0.15, 0.2) is 0 Å². The van der Waals surface area contributed by atoms with Gasteiger partial charge in [0, 0.05) is 10.6 Å². The number of rotatable bonds is 6. The number of carbonyl (C=O) groups is 3. The number of nitrogens with zero attached hydrogens (tertiary/aromatic N) is 2. The number of hydrogen-bond donors (Lipinski definition) is 2. The van der Waals surface area contributed by atoms with Gasteiger partial charge in [-0.1, -0.05) is 6.07 Å². The number of nitrogens with one attached hydrogen (secondary N) is 1. The normalized spacial score (nSPS) is 21.9. The predicted molar refractivity (Wildman–Crippen MR) is 97.6 cm³/mol. The van der Waals surface area contributed by atoms with Gasteiger partial charge in [0.05, 0.1) is 18.1 Å². The number of β-lactam (4-membered cyclic amide) rings is 1. The summed E-state index contributed by atoms with van der Waals surface area (Å²) in [5, 5.41) is 15.8. The molecule has 1 saturated heterocycles. The number of aliphatic imine (C=N–C) groups is 1. The van der Waals surface area contributed by atoms with Gasteiger partial charge in [0.1, 0.15) is 17.1 Å². The summed E-state index contributed by atoms with van der Waals surface area (Å²) >= 11 is 7.38. The molecule has 1 fully saturated rings. The second-order valence-electron chi connectivity index (χ2n) is 5.38. The van der Waals surface area contributed by atoms with E-state index in [9.17, 15) is 19.5 Å². The highest BCUT2D eigenvalue weighted by atomic mass is 32.2. The highest BCUT2D eigenvalue weighted by Crippen LogP contribution is 2.40. The van der Waals surface area contributed by atoms with Crippen molar-refractivity contribution >= 4 is 58.3 Å². The zero-order valence-corrected chi connectivity index (χ0v) is 15.2. The van der Waals surface area contributed by atoms with Crippen molar-refractivity contribution in [1.82, 2.24) is 10.2 Å². The maximum atomic E-state index is 12.4. The first-order valence-corrected chi connectivity index (χ1v) is 9.62. The Morgan fingerprint density at radius 1 is 1.52 bits per heavy atom. The van der Waals surface area contributed by atoms with Crippen molar-refractivity contribution in [2.24, 2.45) is 4.99 Å². The molecule has 2 unspecified atom stereocenters. The molecule has 10 heteroatoms. The maximum absolute atomic E-state index is 12.4. The second kappa shape index (κ2) is 7.49. The van der Waals surface area contributed by atoms with Crippen molar-refractivity contribution in [3.63, 3.8) is 0 Å². The monoisotopic (exact) mass is 395 g/mol. The number of carboxylic acid groups (broad SMARTS) is 1. The van der Waals surface area contributed by atoms with Crippen molar-refractivity contribution in [2.75, 3.05) is 12.3 Å². The van der Waals surface area contributed by atoms with E-state index in [1.165, 1.54) is 28.0 Å². The van der Waals surface area contributed by atoms with Crippen LogP contribution in [0.3, 0.4) is 0 Å². The number of hydrogen-bond acceptors (Lipinski definition) is 7. The van der Waals surface area contributed by atoms with E-state index in [1.54, 1.807) is 0 Å². The van der Waals surface area contributed by atoms with E-state index < -0.39 is 23.3 Å². The fraction of sp³-hybridized carbons (Fsp3) is 0.333. The van der Waals surface area contributed by atoms with Crippen LogP contribution < -0.4 is 5.32 Å². The summed E-state index contributed by atoms with van der Waals surface area (Å²) in [6.07, 6.45) is 0.203. The minimum absolute atomic E-state index is 0.0634. The first-order chi connectivity index (χ1) is 12.0. The average Bonchev–Trinajstić information content (AvgIpc) is 3.09. The van der Waals surface area contributed by atoms with Gasteiger partial charge in [-0.2, -0.15) is 0 Å². The minimum Gasteiger partial charge on any atom is -0.477 e. The molecule has 1 aromatic rings. The molecule has 2 atom stereocenters. The largest absolute Gasteiger partial charge is 0.477 e. The lowest BCUT2D eigenvalue weighted by Gasteiger charge is -2.49. The highest BCUT2D eigenvalue weighted by molar-refractivity contribution is 8.00. The van der Waals surface area contributed by atoms with E-state index in [0.717, 1.165) is 4.88 Å². The average molecular weight is 395 g/mol. The van der Waals surface area contributed by atoms with Crippen LogP contribution in [0.15, 0.2) is 33.8 Å². The molecule has 25 heavy (non-hydrogen) atoms. The Balaban J connectivity index is 1.71. The lowest BCUT2D eigenvalue weighted by atomic mass is 10.0. The van der Waals surface area contributed by atoms with E-state index in [1.807, 2.05) is 17.5 Å². The van der Waals surface area contributed by atoms with E-state index in [-0.39, 0.29) is 24.6 Å². The number of carboxylic acids is 1. The summed E-state index contributed by atoms with van der Waals surface area (Å²) in [7, 11) is 0. The van der Waals surface area contributed by atoms with E-state index in [4.69, 9.17) is 0 Å². The number of thiocarbonyl (C=S) groups is 1. The van der Waals surface area contributed by atoms with E-state index in [2.05, 4.69) is 27.7 Å². The molecule has 1 aromatic heterocycles. The third-order valence-electron chi connectivity index (χ3n) is 3.82. The molecule has 0 spiro atoms. The molecule has 2 aliphatic heterocycles. The van der Waals surface area contributed by atoms with Gasteiger partial charge >= 0.3 is 5.97 Å². The topological polar surface area (TPSA) is 99.1 Å². The Bertz CT molecular complexity index is 799. The zero-order chi connectivity index (χ0) is 18.0. The van der Waals surface area contributed by atoms with Crippen molar-refractivity contribution in [3.05, 3.63) is 33.7 Å². The SMILES string of the molecule is O=C(Cc1cccs1)NC1C(=O)N2C(C(=O)O)=C(CN=C=S)CSC12. The molecule has 0 bridgehead atoms. The summed E-state index contributed by atoms with van der Waals surface area (Å²) in [5.74, 6) is -1.44. The molecule has 2 N–H and O–H groups in total. The number of carbonyl (C=O) groups excluding carboxylic acids is 2. The van der Waals surface area contributed by atoms with Crippen molar-refractivity contribution in [3.8, 4) is 0 Å². The molecule has 2 aliphatic rings. The van der Waals surface area contributed by atoms with Crippen molar-refractivity contribution in [2.45, 2.75) is 17.8 Å². The van der Waals surface area contributed by atoms with Gasteiger partial charge in [0.25, 0.3) is 5.91 Å². The first kappa shape index (κ1) is 17.8. The van der Waals surface area contributed by atoms with Gasteiger partial charge in [-0.25, -0.2) is 9.79 Å². The minimum atomic E-state index is -1.18. The van der Waals surface area contributed by atoms with Crippen molar-refractivity contribution < 1.29 is 19.5 Å². The van der Waals surface area contributed by atoms with Crippen LogP contribution in [0.25, 0.3) is 0 Å². The van der Waals surface area contributed by atoms with Gasteiger partial charge < -0.3 is 10.4 Å². The molecular weight excluding hydrogens is 382 g/mol.